The number of nitrogens with two attached hydrogens (primary N) is 1. The summed E-state index contributed by atoms with van der Waals surface area (Å²) in [7, 11) is 0. The fourth-order valence-corrected chi connectivity index (χ4v) is 1.11. The molecule has 0 saturated carbocycles. The van der Waals surface area contributed by atoms with Gasteiger partial charge in [-0.1, -0.05) is 19.1 Å². The van der Waals surface area contributed by atoms with Crippen LogP contribution >= 0.6 is 0 Å². The molecule has 2 atom stereocenters. The van der Waals surface area contributed by atoms with Crippen molar-refractivity contribution < 1.29 is 5.11 Å². The second-order valence-corrected chi connectivity index (χ2v) is 3.24. The Labute approximate surface area is 73.0 Å². The molecule has 0 aliphatic heterocycles. The van der Waals surface area contributed by atoms with Crippen LogP contribution in [0.2, 0.25) is 0 Å². The van der Waals surface area contributed by atoms with E-state index in [9.17, 15) is 5.11 Å². The average Bonchev–Trinajstić information content (AvgIpc) is 2.03. The maximum atomic E-state index is 9.20. The topological polar surface area (TPSA) is 46.2 Å². The van der Waals surface area contributed by atoms with Crippen LogP contribution in [-0.2, 0) is 0 Å². The molecule has 0 spiro atoms. The van der Waals surface area contributed by atoms with Gasteiger partial charge in [0.15, 0.2) is 0 Å². The van der Waals surface area contributed by atoms with E-state index in [1.807, 2.05) is 19.1 Å². The number of rotatable bonds is 2. The molecule has 1 aromatic rings. The summed E-state index contributed by atoms with van der Waals surface area (Å²) in [6.07, 6.45) is 0. The van der Waals surface area contributed by atoms with E-state index in [1.54, 1.807) is 12.1 Å². The monoisotopic (exact) mass is 165 g/mol. The Kier molecular flexibility index (Phi) is 2.71. The van der Waals surface area contributed by atoms with Crippen molar-refractivity contribution in [2.24, 2.45) is 5.73 Å². The van der Waals surface area contributed by atoms with Gasteiger partial charge >= 0.3 is 0 Å². The summed E-state index contributed by atoms with van der Waals surface area (Å²) in [6.45, 7) is 4.02. The van der Waals surface area contributed by atoms with Crippen molar-refractivity contribution in [1.82, 2.24) is 0 Å². The molecule has 3 N–H and O–H groups in total. The number of phenols is 1. The summed E-state index contributed by atoms with van der Waals surface area (Å²) < 4.78 is 0. The number of phenolic OH excluding ortho intramolecular Hbond substituents is 1. The largest absolute Gasteiger partial charge is 0.508 e. The number of aromatic hydroxyl groups is 1. The minimum Gasteiger partial charge on any atom is -0.508 e. The second kappa shape index (κ2) is 3.59. The lowest BCUT2D eigenvalue weighted by molar-refractivity contribution is 0.473. The van der Waals surface area contributed by atoms with E-state index in [1.165, 1.54) is 0 Å². The first-order valence-electron chi connectivity index (χ1n) is 4.16. The summed E-state index contributed by atoms with van der Waals surface area (Å²) in [6, 6.07) is 7.36. The molecule has 0 bridgehead atoms. The van der Waals surface area contributed by atoms with Crippen LogP contribution in [0, 0.1) is 0 Å². The quantitative estimate of drug-likeness (QED) is 0.702. The minimum absolute atomic E-state index is 0.117. The molecule has 0 aromatic heterocycles. The highest BCUT2D eigenvalue weighted by Gasteiger charge is 2.09. The first-order chi connectivity index (χ1) is 5.61. The van der Waals surface area contributed by atoms with Gasteiger partial charge in [-0.15, -0.1) is 0 Å². The Morgan fingerprint density at radius 3 is 2.50 bits per heavy atom. The zero-order valence-electron chi connectivity index (χ0n) is 7.49. The van der Waals surface area contributed by atoms with E-state index in [4.69, 9.17) is 5.73 Å². The fraction of sp³-hybridized carbons (Fsp3) is 0.400. The Bertz CT molecular complexity index is 258. The van der Waals surface area contributed by atoms with Crippen LogP contribution in [-0.4, -0.2) is 11.1 Å². The molecule has 0 saturated heterocycles. The van der Waals surface area contributed by atoms with Crippen molar-refractivity contribution >= 4 is 0 Å². The molecule has 0 aliphatic rings. The molecule has 0 fully saturated rings. The Hall–Kier alpha value is -1.02. The van der Waals surface area contributed by atoms with Gasteiger partial charge < -0.3 is 10.8 Å². The van der Waals surface area contributed by atoms with Crippen molar-refractivity contribution in [3.8, 4) is 5.75 Å². The summed E-state index contributed by atoms with van der Waals surface area (Å²) in [4.78, 5) is 0. The van der Waals surface area contributed by atoms with Gasteiger partial charge in [0.2, 0.25) is 0 Å². The molecule has 0 aliphatic carbocycles. The van der Waals surface area contributed by atoms with Gasteiger partial charge in [0, 0.05) is 6.04 Å². The average molecular weight is 165 g/mol. The standard InChI is InChI=1S/C10H15NO/c1-7(8(2)11)9-4-3-5-10(12)6-9/h3-8,12H,11H2,1-2H3/t7-,8-/m0/s1. The molecule has 2 nitrogen and oxygen atoms in total. The van der Waals surface area contributed by atoms with Gasteiger partial charge in [-0.2, -0.15) is 0 Å². The van der Waals surface area contributed by atoms with Gasteiger partial charge in [0.05, 0.1) is 0 Å². The molecular weight excluding hydrogens is 150 g/mol. The van der Waals surface area contributed by atoms with E-state index in [2.05, 4.69) is 6.92 Å². The van der Waals surface area contributed by atoms with E-state index in [0.29, 0.717) is 5.75 Å². The summed E-state index contributed by atoms with van der Waals surface area (Å²) in [5.74, 6) is 0.595. The van der Waals surface area contributed by atoms with Crippen LogP contribution < -0.4 is 5.73 Å². The summed E-state index contributed by atoms with van der Waals surface area (Å²) in [5, 5.41) is 9.20. The molecule has 66 valence electrons. The van der Waals surface area contributed by atoms with Crippen molar-refractivity contribution in [2.75, 3.05) is 0 Å². The molecule has 1 aromatic carbocycles. The number of hydrogen-bond acceptors (Lipinski definition) is 2. The highest BCUT2D eigenvalue weighted by Crippen LogP contribution is 2.21. The molecule has 0 radical (unpaired) electrons. The van der Waals surface area contributed by atoms with E-state index < -0.39 is 0 Å². The molecule has 0 amide bonds. The number of hydrogen-bond donors (Lipinski definition) is 2. The molecule has 2 heteroatoms. The lowest BCUT2D eigenvalue weighted by Crippen LogP contribution is -2.22. The minimum atomic E-state index is 0.117. The van der Waals surface area contributed by atoms with Crippen molar-refractivity contribution in [3.63, 3.8) is 0 Å². The molecule has 12 heavy (non-hydrogen) atoms. The van der Waals surface area contributed by atoms with Crippen LogP contribution in [0.1, 0.15) is 25.3 Å². The van der Waals surface area contributed by atoms with Crippen LogP contribution in [0.3, 0.4) is 0 Å². The van der Waals surface area contributed by atoms with Crippen LogP contribution in [0.25, 0.3) is 0 Å². The van der Waals surface area contributed by atoms with Gasteiger partial charge in [-0.3, -0.25) is 0 Å². The third-order valence-electron chi connectivity index (χ3n) is 2.18. The maximum absolute atomic E-state index is 9.20. The van der Waals surface area contributed by atoms with Crippen LogP contribution in [0.15, 0.2) is 24.3 Å². The predicted octanol–water partition coefficient (Wildman–Crippen LogP) is 1.84. The highest BCUT2D eigenvalue weighted by molar-refractivity contribution is 5.29. The normalized spacial score (nSPS) is 15.6. The van der Waals surface area contributed by atoms with Crippen molar-refractivity contribution in [1.29, 1.82) is 0 Å². The van der Waals surface area contributed by atoms with Crippen molar-refractivity contribution in [3.05, 3.63) is 29.8 Å². The Balaban J connectivity index is 2.88. The Morgan fingerprint density at radius 1 is 1.33 bits per heavy atom. The first kappa shape index (κ1) is 9.07. The van der Waals surface area contributed by atoms with Gasteiger partial charge in [0.1, 0.15) is 5.75 Å². The zero-order chi connectivity index (χ0) is 9.14. The van der Waals surface area contributed by atoms with Crippen LogP contribution in [0.5, 0.6) is 5.75 Å². The highest BCUT2D eigenvalue weighted by atomic mass is 16.3. The van der Waals surface area contributed by atoms with Crippen LogP contribution in [0.4, 0.5) is 0 Å². The summed E-state index contributed by atoms with van der Waals surface area (Å²) in [5.41, 5.74) is 6.82. The molecular formula is C10H15NO. The Morgan fingerprint density at radius 2 is 2.00 bits per heavy atom. The van der Waals surface area contributed by atoms with Gasteiger partial charge in [-0.25, -0.2) is 0 Å². The SMILES string of the molecule is C[C@H](N)[C@H](C)c1cccc(O)c1. The molecule has 0 unspecified atom stereocenters. The lowest BCUT2D eigenvalue weighted by Gasteiger charge is -2.15. The fourth-order valence-electron chi connectivity index (χ4n) is 1.11. The van der Waals surface area contributed by atoms with E-state index in [-0.39, 0.29) is 12.0 Å². The van der Waals surface area contributed by atoms with E-state index in [0.717, 1.165) is 5.56 Å². The maximum Gasteiger partial charge on any atom is 0.115 e. The lowest BCUT2D eigenvalue weighted by atomic mass is 9.95. The second-order valence-electron chi connectivity index (χ2n) is 3.24. The predicted molar refractivity (Wildman–Crippen MR) is 50.2 cm³/mol. The van der Waals surface area contributed by atoms with Gasteiger partial charge in [-0.05, 0) is 30.5 Å². The first-order valence-corrected chi connectivity index (χ1v) is 4.16. The van der Waals surface area contributed by atoms with Crippen molar-refractivity contribution in [2.45, 2.75) is 25.8 Å². The number of benzene rings is 1. The third-order valence-corrected chi connectivity index (χ3v) is 2.18. The van der Waals surface area contributed by atoms with E-state index >= 15 is 0 Å². The molecule has 1 rings (SSSR count). The smallest absolute Gasteiger partial charge is 0.115 e. The zero-order valence-corrected chi connectivity index (χ0v) is 7.49. The van der Waals surface area contributed by atoms with Gasteiger partial charge in [0.25, 0.3) is 0 Å². The molecule has 0 heterocycles. The summed E-state index contributed by atoms with van der Waals surface area (Å²) >= 11 is 0. The third kappa shape index (κ3) is 1.98.